The second-order valence-corrected chi connectivity index (χ2v) is 2.62. The Labute approximate surface area is 80.6 Å². The van der Waals surface area contributed by atoms with E-state index in [1.807, 2.05) is 12.1 Å². The number of carbonyl (C=O) groups is 1. The van der Waals surface area contributed by atoms with Crippen LogP contribution in [0.5, 0.6) is 0 Å². The lowest BCUT2D eigenvalue weighted by Gasteiger charge is -2.01. The first-order valence-electron chi connectivity index (χ1n) is 3.82. The first-order chi connectivity index (χ1) is 6.69. The molecule has 4 heteroatoms. The Morgan fingerprint density at radius 1 is 1.43 bits per heavy atom. The molecule has 0 amide bonds. The number of rotatable bonds is 2. The van der Waals surface area contributed by atoms with Crippen molar-refractivity contribution < 1.29 is 9.90 Å². The minimum atomic E-state index is -1.12. The van der Waals surface area contributed by atoms with Gasteiger partial charge in [-0.25, -0.2) is 4.79 Å². The minimum Gasteiger partial charge on any atom is -0.478 e. The zero-order valence-electron chi connectivity index (χ0n) is 7.19. The lowest BCUT2D eigenvalue weighted by molar-refractivity contribution is 0.0696. The van der Waals surface area contributed by atoms with Gasteiger partial charge in [-0.05, 0) is 17.7 Å². The van der Waals surface area contributed by atoms with E-state index in [0.717, 1.165) is 0 Å². The van der Waals surface area contributed by atoms with Gasteiger partial charge in [-0.15, -0.1) is 0 Å². The van der Waals surface area contributed by atoms with Gasteiger partial charge in [-0.1, -0.05) is 6.07 Å². The Kier molecular flexibility index (Phi) is 2.83. The van der Waals surface area contributed by atoms with E-state index in [1.165, 1.54) is 18.2 Å². The van der Waals surface area contributed by atoms with Crippen molar-refractivity contribution in [2.45, 2.75) is 6.42 Å². The van der Waals surface area contributed by atoms with Crippen molar-refractivity contribution in [3.05, 3.63) is 34.9 Å². The van der Waals surface area contributed by atoms with Crippen molar-refractivity contribution in [2.24, 2.45) is 0 Å². The topological polar surface area (TPSA) is 84.9 Å². The van der Waals surface area contributed by atoms with Crippen LogP contribution >= 0.6 is 0 Å². The van der Waals surface area contributed by atoms with Gasteiger partial charge < -0.3 is 5.11 Å². The van der Waals surface area contributed by atoms with Crippen LogP contribution in [0, 0.1) is 22.7 Å². The number of hydrogen-bond acceptors (Lipinski definition) is 3. The zero-order valence-corrected chi connectivity index (χ0v) is 7.19. The summed E-state index contributed by atoms with van der Waals surface area (Å²) >= 11 is 0. The quantitative estimate of drug-likeness (QED) is 0.754. The Bertz CT molecular complexity index is 452. The van der Waals surface area contributed by atoms with Crippen LogP contribution in [0.25, 0.3) is 0 Å². The molecule has 1 aromatic carbocycles. The molecule has 1 N–H and O–H groups in total. The van der Waals surface area contributed by atoms with Crippen LogP contribution in [0.4, 0.5) is 0 Å². The van der Waals surface area contributed by atoms with Crippen LogP contribution in [0.1, 0.15) is 21.5 Å². The van der Waals surface area contributed by atoms with Gasteiger partial charge in [0.15, 0.2) is 0 Å². The molecule has 0 radical (unpaired) electrons. The number of nitriles is 2. The Balaban J connectivity index is 3.27. The molecule has 1 aromatic rings. The Morgan fingerprint density at radius 3 is 2.64 bits per heavy atom. The predicted octanol–water partition coefficient (Wildman–Crippen LogP) is 1.32. The number of carboxylic acid groups (broad SMARTS) is 1. The van der Waals surface area contributed by atoms with Gasteiger partial charge in [0.1, 0.15) is 0 Å². The number of nitrogens with zero attached hydrogens (tertiary/aromatic N) is 2. The van der Waals surface area contributed by atoms with E-state index in [9.17, 15) is 4.79 Å². The third-order valence-corrected chi connectivity index (χ3v) is 1.74. The fraction of sp³-hybridized carbons (Fsp3) is 0.100. The van der Waals surface area contributed by atoms with Gasteiger partial charge >= 0.3 is 5.97 Å². The molecule has 1 rings (SSSR count). The standard InChI is InChI=1S/C10H6N2O2/c11-4-3-8-2-1-7(6-12)5-9(8)10(13)14/h1-2,5H,3H2,(H,13,14). The summed E-state index contributed by atoms with van der Waals surface area (Å²) in [6.45, 7) is 0. The molecule has 0 unspecified atom stereocenters. The van der Waals surface area contributed by atoms with Gasteiger partial charge in [0.05, 0.1) is 29.7 Å². The SMILES string of the molecule is N#CCc1ccc(C#N)cc1C(=O)O. The van der Waals surface area contributed by atoms with E-state index in [1.54, 1.807) is 0 Å². The lowest BCUT2D eigenvalue weighted by Crippen LogP contribution is -2.02. The summed E-state index contributed by atoms with van der Waals surface area (Å²) in [6.07, 6.45) is 0.0351. The molecular formula is C10H6N2O2. The molecule has 0 aliphatic rings. The molecule has 14 heavy (non-hydrogen) atoms. The molecule has 0 aromatic heterocycles. The van der Waals surface area contributed by atoms with Crippen molar-refractivity contribution in [3.63, 3.8) is 0 Å². The molecule has 0 saturated heterocycles. The maximum atomic E-state index is 10.7. The van der Waals surface area contributed by atoms with E-state index in [4.69, 9.17) is 15.6 Å². The van der Waals surface area contributed by atoms with Crippen molar-refractivity contribution >= 4 is 5.97 Å². The minimum absolute atomic E-state index is 0.0191. The summed E-state index contributed by atoms with van der Waals surface area (Å²) in [4.78, 5) is 10.7. The molecular weight excluding hydrogens is 180 g/mol. The molecule has 0 fully saturated rings. The van der Waals surface area contributed by atoms with Gasteiger partial charge in [-0.3, -0.25) is 0 Å². The van der Waals surface area contributed by atoms with E-state index in [2.05, 4.69) is 0 Å². The van der Waals surface area contributed by atoms with E-state index in [-0.39, 0.29) is 17.5 Å². The summed E-state index contributed by atoms with van der Waals surface area (Å²) in [5.74, 6) is -1.12. The molecule has 0 saturated carbocycles. The van der Waals surface area contributed by atoms with E-state index < -0.39 is 5.97 Å². The molecule has 0 aliphatic carbocycles. The third kappa shape index (κ3) is 1.88. The smallest absolute Gasteiger partial charge is 0.336 e. The van der Waals surface area contributed by atoms with Crippen LogP contribution in [0.2, 0.25) is 0 Å². The summed E-state index contributed by atoms with van der Waals surface area (Å²) in [7, 11) is 0. The van der Waals surface area contributed by atoms with Crippen LogP contribution in [0.3, 0.4) is 0 Å². The van der Waals surface area contributed by atoms with Crippen molar-refractivity contribution in [2.75, 3.05) is 0 Å². The van der Waals surface area contributed by atoms with Gasteiger partial charge in [0.2, 0.25) is 0 Å². The summed E-state index contributed by atoms with van der Waals surface area (Å²) in [5, 5.41) is 25.8. The molecule has 68 valence electrons. The average molecular weight is 186 g/mol. The fourth-order valence-electron chi connectivity index (χ4n) is 1.08. The summed E-state index contributed by atoms with van der Waals surface area (Å²) in [5.41, 5.74) is 0.730. The van der Waals surface area contributed by atoms with Crippen LogP contribution in [-0.2, 0) is 6.42 Å². The molecule has 0 bridgehead atoms. The van der Waals surface area contributed by atoms with Crippen LogP contribution in [0.15, 0.2) is 18.2 Å². The fourth-order valence-corrected chi connectivity index (χ4v) is 1.08. The Morgan fingerprint density at radius 2 is 2.14 bits per heavy atom. The number of benzene rings is 1. The summed E-state index contributed by atoms with van der Waals surface area (Å²) in [6, 6.07) is 7.98. The van der Waals surface area contributed by atoms with Crippen LogP contribution < -0.4 is 0 Å². The second kappa shape index (κ2) is 4.06. The van der Waals surface area contributed by atoms with E-state index in [0.29, 0.717) is 5.56 Å². The third-order valence-electron chi connectivity index (χ3n) is 1.74. The molecule has 0 heterocycles. The van der Waals surface area contributed by atoms with Crippen molar-refractivity contribution in [1.29, 1.82) is 10.5 Å². The van der Waals surface area contributed by atoms with Crippen molar-refractivity contribution in [3.8, 4) is 12.1 Å². The Hall–Kier alpha value is -2.33. The van der Waals surface area contributed by atoms with E-state index >= 15 is 0 Å². The molecule has 0 spiro atoms. The predicted molar refractivity (Wildman–Crippen MR) is 47.4 cm³/mol. The first kappa shape index (κ1) is 9.76. The van der Waals surface area contributed by atoms with Gasteiger partial charge in [0, 0.05) is 0 Å². The highest BCUT2D eigenvalue weighted by molar-refractivity contribution is 5.90. The number of hydrogen-bond donors (Lipinski definition) is 1. The maximum absolute atomic E-state index is 10.7. The maximum Gasteiger partial charge on any atom is 0.336 e. The molecule has 0 aliphatic heterocycles. The highest BCUT2D eigenvalue weighted by Crippen LogP contribution is 2.12. The lowest BCUT2D eigenvalue weighted by atomic mass is 10.0. The monoisotopic (exact) mass is 186 g/mol. The summed E-state index contributed by atoms with van der Waals surface area (Å²) < 4.78 is 0. The van der Waals surface area contributed by atoms with Gasteiger partial charge in [-0.2, -0.15) is 10.5 Å². The highest BCUT2D eigenvalue weighted by atomic mass is 16.4. The molecule has 0 atom stereocenters. The second-order valence-electron chi connectivity index (χ2n) is 2.62. The highest BCUT2D eigenvalue weighted by Gasteiger charge is 2.10. The molecule has 4 nitrogen and oxygen atoms in total. The average Bonchev–Trinajstić information content (AvgIpc) is 2.18. The normalized spacial score (nSPS) is 8.71. The van der Waals surface area contributed by atoms with Crippen LogP contribution in [-0.4, -0.2) is 11.1 Å². The van der Waals surface area contributed by atoms with Crippen molar-refractivity contribution in [1.82, 2.24) is 0 Å². The zero-order chi connectivity index (χ0) is 10.6. The largest absolute Gasteiger partial charge is 0.478 e. The first-order valence-corrected chi connectivity index (χ1v) is 3.82. The van der Waals surface area contributed by atoms with Gasteiger partial charge in [0.25, 0.3) is 0 Å². The number of carboxylic acids is 1. The number of aromatic carboxylic acids is 1.